The highest BCUT2D eigenvalue weighted by molar-refractivity contribution is 9.10. The average molecular weight is 293 g/mol. The van der Waals surface area contributed by atoms with Gasteiger partial charge in [-0.05, 0) is 35.9 Å². The highest BCUT2D eigenvalue weighted by Gasteiger charge is 2.09. The van der Waals surface area contributed by atoms with Crippen LogP contribution >= 0.6 is 15.9 Å². The van der Waals surface area contributed by atoms with E-state index in [1.165, 1.54) is 12.1 Å². The predicted molar refractivity (Wildman–Crippen MR) is 68.2 cm³/mol. The van der Waals surface area contributed by atoms with Crippen molar-refractivity contribution in [2.24, 2.45) is 0 Å². The van der Waals surface area contributed by atoms with Gasteiger partial charge in [-0.2, -0.15) is 0 Å². The number of rotatable bonds is 2. The predicted octanol–water partition coefficient (Wildman–Crippen LogP) is 3.52. The summed E-state index contributed by atoms with van der Waals surface area (Å²) in [4.78, 5) is 10.7. The largest absolute Gasteiger partial charge is 0.507 e. The summed E-state index contributed by atoms with van der Waals surface area (Å²) in [7, 11) is 0. The van der Waals surface area contributed by atoms with E-state index in [1.54, 1.807) is 6.07 Å². The highest BCUT2D eigenvalue weighted by Crippen LogP contribution is 2.31. The summed E-state index contributed by atoms with van der Waals surface area (Å²) in [5.41, 5.74) is 1.51. The molecule has 4 heteroatoms. The highest BCUT2D eigenvalue weighted by atomic mass is 79.9. The number of carboxylic acid groups (broad SMARTS) is 1. The van der Waals surface area contributed by atoms with E-state index in [1.807, 2.05) is 24.3 Å². The molecule has 0 atom stereocenters. The van der Waals surface area contributed by atoms with Gasteiger partial charge in [0.2, 0.25) is 0 Å². The molecular weight excluding hydrogens is 284 g/mol. The van der Waals surface area contributed by atoms with Crippen LogP contribution in [0, 0.1) is 0 Å². The Hall–Kier alpha value is -1.81. The molecule has 0 heterocycles. The Bertz CT molecular complexity index is 579. The van der Waals surface area contributed by atoms with Crippen LogP contribution in [0.3, 0.4) is 0 Å². The Labute approximate surface area is 106 Å². The zero-order valence-electron chi connectivity index (χ0n) is 8.72. The number of halogens is 1. The van der Waals surface area contributed by atoms with E-state index in [2.05, 4.69) is 15.9 Å². The molecular formula is C13H9BrO3. The first-order valence-electron chi connectivity index (χ1n) is 4.90. The number of phenolic OH excluding ortho intramolecular Hbond substituents is 1. The van der Waals surface area contributed by atoms with Crippen LogP contribution in [-0.4, -0.2) is 16.2 Å². The van der Waals surface area contributed by atoms with E-state index in [0.717, 1.165) is 10.0 Å². The Kier molecular flexibility index (Phi) is 3.15. The molecule has 86 valence electrons. The lowest BCUT2D eigenvalue weighted by atomic mass is 10.0. The van der Waals surface area contributed by atoms with Gasteiger partial charge in [0.15, 0.2) is 0 Å². The van der Waals surface area contributed by atoms with Crippen LogP contribution in [0.2, 0.25) is 0 Å². The van der Waals surface area contributed by atoms with E-state index < -0.39 is 5.97 Å². The van der Waals surface area contributed by atoms with Gasteiger partial charge >= 0.3 is 5.97 Å². The number of carbonyl (C=O) groups is 1. The molecule has 2 N–H and O–H groups in total. The van der Waals surface area contributed by atoms with Crippen molar-refractivity contribution in [3.8, 4) is 16.9 Å². The number of carboxylic acids is 1. The maximum absolute atomic E-state index is 10.7. The molecule has 0 amide bonds. The summed E-state index contributed by atoms with van der Waals surface area (Å²) < 4.78 is 0.900. The van der Waals surface area contributed by atoms with E-state index in [0.29, 0.717) is 5.56 Å². The molecule has 2 aromatic carbocycles. The minimum Gasteiger partial charge on any atom is -0.507 e. The topological polar surface area (TPSA) is 57.5 Å². The lowest BCUT2D eigenvalue weighted by molar-refractivity contribution is 0.0696. The van der Waals surface area contributed by atoms with E-state index in [4.69, 9.17) is 5.11 Å². The Morgan fingerprint density at radius 1 is 1.12 bits per heavy atom. The van der Waals surface area contributed by atoms with Gasteiger partial charge in [-0.25, -0.2) is 4.79 Å². The van der Waals surface area contributed by atoms with Crippen molar-refractivity contribution in [1.82, 2.24) is 0 Å². The van der Waals surface area contributed by atoms with Crippen molar-refractivity contribution in [3.05, 3.63) is 52.5 Å². The lowest BCUT2D eigenvalue weighted by Gasteiger charge is -2.06. The van der Waals surface area contributed by atoms with Crippen molar-refractivity contribution < 1.29 is 15.0 Å². The molecule has 0 aliphatic carbocycles. The second kappa shape index (κ2) is 4.59. The monoisotopic (exact) mass is 292 g/mol. The third kappa shape index (κ3) is 2.47. The molecule has 0 unspecified atom stereocenters. The molecule has 0 fully saturated rings. The molecule has 0 spiro atoms. The van der Waals surface area contributed by atoms with Gasteiger partial charge < -0.3 is 10.2 Å². The maximum Gasteiger partial charge on any atom is 0.335 e. The van der Waals surface area contributed by atoms with Gasteiger partial charge in [-0.3, -0.25) is 0 Å². The molecule has 2 aromatic rings. The van der Waals surface area contributed by atoms with E-state index in [9.17, 15) is 9.90 Å². The summed E-state index contributed by atoms with van der Waals surface area (Å²) >= 11 is 3.35. The summed E-state index contributed by atoms with van der Waals surface area (Å²) in [5, 5.41) is 18.6. The van der Waals surface area contributed by atoms with Crippen LogP contribution in [0.5, 0.6) is 5.75 Å². The fourth-order valence-corrected chi connectivity index (χ4v) is 1.96. The summed E-state index contributed by atoms with van der Waals surface area (Å²) in [5.74, 6) is -1.09. The van der Waals surface area contributed by atoms with Gasteiger partial charge in [0.1, 0.15) is 5.75 Å². The van der Waals surface area contributed by atoms with Gasteiger partial charge in [0.25, 0.3) is 0 Å². The molecule has 0 aliphatic heterocycles. The molecule has 0 aromatic heterocycles. The van der Waals surface area contributed by atoms with Gasteiger partial charge in [-0.15, -0.1) is 0 Å². The summed E-state index contributed by atoms with van der Waals surface area (Å²) in [6, 6.07) is 11.8. The molecule has 0 radical (unpaired) electrons. The quantitative estimate of drug-likeness (QED) is 0.890. The van der Waals surface area contributed by atoms with Crippen molar-refractivity contribution in [3.63, 3.8) is 0 Å². The molecule has 2 rings (SSSR count). The molecule has 17 heavy (non-hydrogen) atoms. The molecule has 0 bridgehead atoms. The Balaban J connectivity index is 2.50. The van der Waals surface area contributed by atoms with Gasteiger partial charge in [-0.1, -0.05) is 28.1 Å². The number of benzene rings is 2. The van der Waals surface area contributed by atoms with E-state index in [-0.39, 0.29) is 11.3 Å². The standard InChI is InChI=1S/C13H9BrO3/c14-10-3-1-2-8(6-10)11-5-4-9(13(16)17)7-12(11)15/h1-7,15H,(H,16,17). The number of aromatic carboxylic acids is 1. The van der Waals surface area contributed by atoms with Crippen molar-refractivity contribution in [2.45, 2.75) is 0 Å². The van der Waals surface area contributed by atoms with Crippen molar-refractivity contribution >= 4 is 21.9 Å². The van der Waals surface area contributed by atoms with Crippen LogP contribution in [0.4, 0.5) is 0 Å². The molecule has 0 aliphatic rings. The van der Waals surface area contributed by atoms with Crippen molar-refractivity contribution in [2.75, 3.05) is 0 Å². The summed E-state index contributed by atoms with van der Waals surface area (Å²) in [6.07, 6.45) is 0. The summed E-state index contributed by atoms with van der Waals surface area (Å²) in [6.45, 7) is 0. The second-order valence-electron chi connectivity index (χ2n) is 3.55. The van der Waals surface area contributed by atoms with Gasteiger partial charge in [0, 0.05) is 10.0 Å². The lowest BCUT2D eigenvalue weighted by Crippen LogP contribution is -1.95. The number of hydrogen-bond acceptors (Lipinski definition) is 2. The van der Waals surface area contributed by atoms with Crippen LogP contribution in [0.25, 0.3) is 11.1 Å². The van der Waals surface area contributed by atoms with Crippen LogP contribution in [0.1, 0.15) is 10.4 Å². The zero-order chi connectivity index (χ0) is 12.4. The molecule has 0 saturated carbocycles. The average Bonchev–Trinajstić information content (AvgIpc) is 2.28. The van der Waals surface area contributed by atoms with Crippen LogP contribution in [0.15, 0.2) is 46.9 Å². The smallest absolute Gasteiger partial charge is 0.335 e. The fourth-order valence-electron chi connectivity index (χ4n) is 1.56. The minimum absolute atomic E-state index is 0.0389. The second-order valence-corrected chi connectivity index (χ2v) is 4.46. The zero-order valence-corrected chi connectivity index (χ0v) is 10.3. The van der Waals surface area contributed by atoms with Crippen molar-refractivity contribution in [1.29, 1.82) is 0 Å². The first kappa shape index (κ1) is 11.7. The maximum atomic E-state index is 10.7. The first-order chi connectivity index (χ1) is 8.08. The van der Waals surface area contributed by atoms with Crippen LogP contribution in [-0.2, 0) is 0 Å². The normalized spacial score (nSPS) is 10.2. The third-order valence-electron chi connectivity index (χ3n) is 2.38. The number of aromatic hydroxyl groups is 1. The molecule has 3 nitrogen and oxygen atoms in total. The number of phenols is 1. The first-order valence-corrected chi connectivity index (χ1v) is 5.69. The molecule has 0 saturated heterocycles. The SMILES string of the molecule is O=C(O)c1ccc(-c2cccc(Br)c2)c(O)c1. The van der Waals surface area contributed by atoms with Crippen LogP contribution < -0.4 is 0 Å². The number of hydrogen-bond donors (Lipinski definition) is 2. The fraction of sp³-hybridized carbons (Fsp3) is 0. The Morgan fingerprint density at radius 3 is 2.47 bits per heavy atom. The van der Waals surface area contributed by atoms with E-state index >= 15 is 0 Å². The Morgan fingerprint density at radius 2 is 1.88 bits per heavy atom. The third-order valence-corrected chi connectivity index (χ3v) is 2.87. The van der Waals surface area contributed by atoms with Gasteiger partial charge in [0.05, 0.1) is 5.56 Å². The minimum atomic E-state index is -1.05.